The zero-order valence-electron chi connectivity index (χ0n) is 10.4. The highest BCUT2D eigenvalue weighted by Gasteiger charge is 2.13. The zero-order chi connectivity index (χ0) is 14.4. The van der Waals surface area contributed by atoms with E-state index >= 15 is 0 Å². The monoisotopic (exact) mass is 330 g/mol. The lowest BCUT2D eigenvalue weighted by atomic mass is 10.0. The maximum atomic E-state index is 10.7. The molecule has 1 aromatic carbocycles. The quantitative estimate of drug-likeness (QED) is 0.591. The molecule has 1 aromatic rings. The van der Waals surface area contributed by atoms with Crippen LogP contribution in [0.3, 0.4) is 0 Å². The Morgan fingerprint density at radius 2 is 2.26 bits per heavy atom. The first kappa shape index (κ1) is 15.4. The maximum absolute atomic E-state index is 10.7. The molecular weight excluding hydrogens is 316 g/mol. The molecule has 0 aliphatic heterocycles. The van der Waals surface area contributed by atoms with Crippen LogP contribution in [0.4, 0.5) is 11.4 Å². The van der Waals surface area contributed by atoms with Crippen molar-refractivity contribution in [1.29, 1.82) is 0 Å². The van der Waals surface area contributed by atoms with Crippen molar-refractivity contribution in [2.45, 2.75) is 19.8 Å². The van der Waals surface area contributed by atoms with Crippen LogP contribution in [0.2, 0.25) is 0 Å². The SMILES string of the molecule is CCC(CNc1ccc([N+](=O)[O-])cc1Br)CC(=O)O. The van der Waals surface area contributed by atoms with Gasteiger partial charge in [0.15, 0.2) is 0 Å². The highest BCUT2D eigenvalue weighted by Crippen LogP contribution is 2.27. The first-order valence-electron chi connectivity index (χ1n) is 5.83. The fraction of sp³-hybridized carbons (Fsp3) is 0.417. The summed E-state index contributed by atoms with van der Waals surface area (Å²) in [6.07, 6.45) is 0.859. The van der Waals surface area contributed by atoms with Gasteiger partial charge in [-0.05, 0) is 27.9 Å². The lowest BCUT2D eigenvalue weighted by Crippen LogP contribution is -2.17. The van der Waals surface area contributed by atoms with E-state index in [0.717, 1.165) is 12.1 Å². The van der Waals surface area contributed by atoms with E-state index < -0.39 is 10.9 Å². The summed E-state index contributed by atoms with van der Waals surface area (Å²) in [6.45, 7) is 2.44. The number of hydrogen-bond acceptors (Lipinski definition) is 4. The summed E-state index contributed by atoms with van der Waals surface area (Å²) in [7, 11) is 0. The molecule has 0 heterocycles. The number of carboxylic acid groups (broad SMARTS) is 1. The average molecular weight is 331 g/mol. The Morgan fingerprint density at radius 3 is 2.74 bits per heavy atom. The minimum absolute atomic E-state index is 0.00926. The Bertz CT molecular complexity index is 479. The van der Waals surface area contributed by atoms with E-state index in [0.29, 0.717) is 11.0 Å². The third kappa shape index (κ3) is 4.86. The van der Waals surface area contributed by atoms with Gasteiger partial charge < -0.3 is 10.4 Å². The van der Waals surface area contributed by atoms with Gasteiger partial charge in [-0.25, -0.2) is 0 Å². The molecule has 0 radical (unpaired) electrons. The topological polar surface area (TPSA) is 92.5 Å². The Hall–Kier alpha value is -1.63. The van der Waals surface area contributed by atoms with E-state index in [4.69, 9.17) is 5.11 Å². The van der Waals surface area contributed by atoms with Gasteiger partial charge in [0.1, 0.15) is 0 Å². The van der Waals surface area contributed by atoms with Crippen molar-refractivity contribution in [3.8, 4) is 0 Å². The Balaban J connectivity index is 2.67. The van der Waals surface area contributed by atoms with Crippen molar-refractivity contribution in [1.82, 2.24) is 0 Å². The number of nitro benzene ring substituents is 1. The van der Waals surface area contributed by atoms with Crippen LogP contribution in [-0.4, -0.2) is 22.5 Å². The van der Waals surface area contributed by atoms with Crippen LogP contribution in [0.5, 0.6) is 0 Å². The van der Waals surface area contributed by atoms with E-state index in [-0.39, 0.29) is 18.0 Å². The number of aliphatic carboxylic acids is 1. The second-order valence-electron chi connectivity index (χ2n) is 4.17. The van der Waals surface area contributed by atoms with Gasteiger partial charge in [0.25, 0.3) is 5.69 Å². The van der Waals surface area contributed by atoms with Gasteiger partial charge in [0.05, 0.1) is 4.92 Å². The number of carboxylic acids is 1. The molecule has 0 saturated heterocycles. The predicted molar refractivity (Wildman–Crippen MR) is 75.3 cm³/mol. The molecule has 0 amide bonds. The van der Waals surface area contributed by atoms with Gasteiger partial charge in [-0.15, -0.1) is 0 Å². The second-order valence-corrected chi connectivity index (χ2v) is 5.03. The van der Waals surface area contributed by atoms with Crippen LogP contribution in [-0.2, 0) is 4.79 Å². The summed E-state index contributed by atoms with van der Waals surface area (Å²) >= 11 is 3.26. The molecule has 0 aliphatic carbocycles. The zero-order valence-corrected chi connectivity index (χ0v) is 12.0. The highest BCUT2D eigenvalue weighted by molar-refractivity contribution is 9.10. The molecule has 1 unspecified atom stereocenters. The van der Waals surface area contributed by atoms with Crippen LogP contribution in [0.15, 0.2) is 22.7 Å². The molecule has 0 spiro atoms. The van der Waals surface area contributed by atoms with Crippen molar-refractivity contribution >= 4 is 33.3 Å². The molecule has 0 aliphatic rings. The number of carbonyl (C=O) groups is 1. The van der Waals surface area contributed by atoms with Crippen LogP contribution in [0.1, 0.15) is 19.8 Å². The number of benzene rings is 1. The number of halogens is 1. The van der Waals surface area contributed by atoms with Gasteiger partial charge in [-0.3, -0.25) is 14.9 Å². The predicted octanol–water partition coefficient (Wildman–Crippen LogP) is 3.27. The van der Waals surface area contributed by atoms with E-state index in [1.54, 1.807) is 6.07 Å². The normalized spacial score (nSPS) is 11.9. The summed E-state index contributed by atoms with van der Waals surface area (Å²) in [4.78, 5) is 20.8. The first-order valence-corrected chi connectivity index (χ1v) is 6.63. The van der Waals surface area contributed by atoms with Crippen LogP contribution < -0.4 is 5.32 Å². The van der Waals surface area contributed by atoms with Crippen LogP contribution in [0.25, 0.3) is 0 Å². The Labute approximate surface area is 119 Å². The number of nitro groups is 1. The number of nitrogens with zero attached hydrogens (tertiary/aromatic N) is 1. The first-order chi connectivity index (χ1) is 8.93. The van der Waals surface area contributed by atoms with Crippen molar-refractivity contribution in [2.75, 3.05) is 11.9 Å². The third-order valence-corrected chi connectivity index (χ3v) is 3.44. The van der Waals surface area contributed by atoms with Gasteiger partial charge in [-0.2, -0.15) is 0 Å². The summed E-state index contributed by atoms with van der Waals surface area (Å²) in [6, 6.07) is 4.43. The van der Waals surface area contributed by atoms with Crippen molar-refractivity contribution in [2.24, 2.45) is 5.92 Å². The molecular formula is C12H15BrN2O4. The molecule has 104 valence electrons. The third-order valence-electron chi connectivity index (χ3n) is 2.79. The highest BCUT2D eigenvalue weighted by atomic mass is 79.9. The molecule has 1 rings (SSSR count). The lowest BCUT2D eigenvalue weighted by Gasteiger charge is -2.15. The van der Waals surface area contributed by atoms with Crippen LogP contribution in [0, 0.1) is 16.0 Å². The molecule has 0 saturated carbocycles. The molecule has 0 fully saturated rings. The van der Waals surface area contributed by atoms with E-state index in [2.05, 4.69) is 21.2 Å². The van der Waals surface area contributed by atoms with Gasteiger partial charge in [0, 0.05) is 35.3 Å². The molecule has 7 heteroatoms. The molecule has 2 N–H and O–H groups in total. The number of non-ortho nitro benzene ring substituents is 1. The van der Waals surface area contributed by atoms with Crippen LogP contribution >= 0.6 is 15.9 Å². The number of rotatable bonds is 7. The molecule has 1 atom stereocenters. The summed E-state index contributed by atoms with van der Waals surface area (Å²) in [5, 5.41) is 22.5. The molecule has 19 heavy (non-hydrogen) atoms. The molecule has 0 bridgehead atoms. The van der Waals surface area contributed by atoms with E-state index in [1.807, 2.05) is 6.92 Å². The van der Waals surface area contributed by atoms with Gasteiger partial charge >= 0.3 is 5.97 Å². The smallest absolute Gasteiger partial charge is 0.303 e. The summed E-state index contributed by atoms with van der Waals surface area (Å²) < 4.78 is 0.590. The Morgan fingerprint density at radius 1 is 1.58 bits per heavy atom. The standard InChI is InChI=1S/C12H15BrN2O4/c1-2-8(5-12(16)17)7-14-11-4-3-9(15(18)19)6-10(11)13/h3-4,6,8,14H,2,5,7H2,1H3,(H,16,17). The number of anilines is 1. The minimum Gasteiger partial charge on any atom is -0.481 e. The summed E-state index contributed by atoms with van der Waals surface area (Å²) in [5.74, 6) is -0.795. The van der Waals surface area contributed by atoms with Gasteiger partial charge in [0.2, 0.25) is 0 Å². The van der Waals surface area contributed by atoms with Gasteiger partial charge in [-0.1, -0.05) is 13.3 Å². The average Bonchev–Trinajstić information content (AvgIpc) is 2.34. The van der Waals surface area contributed by atoms with Crippen molar-refractivity contribution < 1.29 is 14.8 Å². The Kier molecular flexibility index (Phi) is 5.75. The van der Waals surface area contributed by atoms with Crippen molar-refractivity contribution in [3.05, 3.63) is 32.8 Å². The fourth-order valence-electron chi connectivity index (χ4n) is 1.62. The number of hydrogen-bond donors (Lipinski definition) is 2. The molecule has 0 aromatic heterocycles. The minimum atomic E-state index is -0.823. The van der Waals surface area contributed by atoms with E-state index in [9.17, 15) is 14.9 Å². The largest absolute Gasteiger partial charge is 0.481 e. The lowest BCUT2D eigenvalue weighted by molar-refractivity contribution is -0.384. The number of nitrogens with one attached hydrogen (secondary N) is 1. The molecule has 6 nitrogen and oxygen atoms in total. The second kappa shape index (κ2) is 7.08. The summed E-state index contributed by atoms with van der Waals surface area (Å²) in [5.41, 5.74) is 0.726. The van der Waals surface area contributed by atoms with E-state index in [1.165, 1.54) is 12.1 Å². The van der Waals surface area contributed by atoms with Crippen molar-refractivity contribution in [3.63, 3.8) is 0 Å². The maximum Gasteiger partial charge on any atom is 0.303 e. The fourth-order valence-corrected chi connectivity index (χ4v) is 2.13.